The highest BCUT2D eigenvalue weighted by Gasteiger charge is 2.40. The molecule has 0 heterocycles. The monoisotopic (exact) mass is 496 g/mol. The van der Waals surface area contributed by atoms with Gasteiger partial charge in [-0.15, -0.1) is 0 Å². The van der Waals surface area contributed by atoms with E-state index >= 15 is 8.78 Å². The molecule has 3 saturated carbocycles. The van der Waals surface area contributed by atoms with Crippen molar-refractivity contribution in [2.75, 3.05) is 0 Å². The summed E-state index contributed by atoms with van der Waals surface area (Å²) >= 11 is 0. The van der Waals surface area contributed by atoms with Crippen LogP contribution >= 0.6 is 0 Å². The van der Waals surface area contributed by atoms with E-state index in [1.54, 1.807) is 23.6 Å². The predicted octanol–water partition coefficient (Wildman–Crippen LogP) is 10.9. The van der Waals surface area contributed by atoms with Gasteiger partial charge >= 0.3 is 0 Å². The van der Waals surface area contributed by atoms with Crippen molar-refractivity contribution in [2.45, 2.75) is 147 Å². The molecule has 3 fully saturated rings. The molecule has 0 radical (unpaired) electrons. The van der Waals surface area contributed by atoms with E-state index in [2.05, 4.69) is 12.1 Å². The second-order valence-electron chi connectivity index (χ2n) is 13.1. The molecule has 0 aromatic heterocycles. The van der Waals surface area contributed by atoms with Gasteiger partial charge in [0.2, 0.25) is 0 Å². The molecule has 0 aliphatic heterocycles. The lowest BCUT2D eigenvalue weighted by Crippen LogP contribution is -2.35. The van der Waals surface area contributed by atoms with Crippen LogP contribution in [0.2, 0.25) is 0 Å². The first-order chi connectivity index (χ1) is 17.5. The topological polar surface area (TPSA) is 0 Å². The van der Waals surface area contributed by atoms with Crippen molar-refractivity contribution in [3.05, 3.63) is 45.8 Å². The molecule has 0 nitrogen and oxygen atoms in total. The Kier molecular flexibility index (Phi) is 8.58. The Hall–Kier alpha value is -1.18. The molecular weight excluding hydrogens is 446 g/mol. The Morgan fingerprint density at radius 2 is 1.14 bits per heavy atom. The highest BCUT2D eigenvalue weighted by atomic mass is 19.1. The molecule has 0 amide bonds. The van der Waals surface area contributed by atoms with Gasteiger partial charge in [0, 0.05) is 5.92 Å². The average Bonchev–Trinajstić information content (AvgIpc) is 2.94. The van der Waals surface area contributed by atoms with Gasteiger partial charge in [0.25, 0.3) is 0 Å². The van der Waals surface area contributed by atoms with Crippen LogP contribution in [0.4, 0.5) is 8.78 Å². The first-order valence-electron chi connectivity index (χ1n) is 15.6. The fourth-order valence-electron chi connectivity index (χ4n) is 8.51. The summed E-state index contributed by atoms with van der Waals surface area (Å²) in [7, 11) is 0. The third-order valence-corrected chi connectivity index (χ3v) is 10.9. The van der Waals surface area contributed by atoms with Gasteiger partial charge in [0.1, 0.15) is 12.0 Å². The van der Waals surface area contributed by atoms with Crippen LogP contribution in [-0.2, 0) is 6.42 Å². The maximum atomic E-state index is 15.3. The highest BCUT2D eigenvalue weighted by molar-refractivity contribution is 5.46. The lowest BCUT2D eigenvalue weighted by atomic mass is 9.68. The smallest absolute Gasteiger partial charge is 0.112 e. The summed E-state index contributed by atoms with van der Waals surface area (Å²) < 4.78 is 30.5. The van der Waals surface area contributed by atoms with Gasteiger partial charge < -0.3 is 0 Å². The van der Waals surface area contributed by atoms with Crippen molar-refractivity contribution in [1.82, 2.24) is 0 Å². The average molecular weight is 497 g/mol. The van der Waals surface area contributed by atoms with Crippen LogP contribution in [0.15, 0.2) is 23.5 Å². The van der Waals surface area contributed by atoms with Crippen molar-refractivity contribution in [2.24, 2.45) is 17.8 Å². The summed E-state index contributed by atoms with van der Waals surface area (Å²) in [6.45, 7) is 5.73. The lowest BCUT2D eigenvalue weighted by molar-refractivity contribution is 0.117. The summed E-state index contributed by atoms with van der Waals surface area (Å²) in [6.07, 6.45) is 19.7. The summed E-state index contributed by atoms with van der Waals surface area (Å²) in [4.78, 5) is 0. The van der Waals surface area contributed by atoms with Gasteiger partial charge in [0.05, 0.1) is 0 Å². The number of rotatable bonds is 5. The first kappa shape index (κ1) is 26.4. The molecular formula is C34H50F2. The number of allylic oxidation sites excluding steroid dienone is 2. The van der Waals surface area contributed by atoms with E-state index in [1.807, 2.05) is 13.8 Å². The Morgan fingerprint density at radius 1 is 0.694 bits per heavy atom. The van der Waals surface area contributed by atoms with E-state index in [4.69, 9.17) is 0 Å². The summed E-state index contributed by atoms with van der Waals surface area (Å²) in [5, 5.41) is 0. The van der Waals surface area contributed by atoms with Gasteiger partial charge in [-0.25, -0.2) is 8.78 Å². The zero-order valence-electron chi connectivity index (χ0n) is 23.3. The molecule has 0 saturated heterocycles. The minimum Gasteiger partial charge on any atom is -0.246 e. The Balaban J connectivity index is 1.61. The van der Waals surface area contributed by atoms with Gasteiger partial charge in [-0.05, 0) is 109 Å². The maximum absolute atomic E-state index is 15.3. The van der Waals surface area contributed by atoms with Crippen molar-refractivity contribution < 1.29 is 8.78 Å². The second-order valence-corrected chi connectivity index (χ2v) is 13.1. The van der Waals surface area contributed by atoms with Gasteiger partial charge in [-0.3, -0.25) is 0 Å². The first-order valence-corrected chi connectivity index (χ1v) is 15.6. The molecule has 1 aromatic rings. The third kappa shape index (κ3) is 5.35. The van der Waals surface area contributed by atoms with Crippen molar-refractivity contribution >= 4 is 0 Å². The quantitative estimate of drug-likeness (QED) is 0.380. The number of halogens is 2. The van der Waals surface area contributed by atoms with Crippen molar-refractivity contribution in [3.8, 4) is 0 Å². The Bertz CT molecular complexity index is 872. The van der Waals surface area contributed by atoms with Crippen LogP contribution in [-0.4, -0.2) is 6.17 Å². The van der Waals surface area contributed by atoms with Gasteiger partial charge in [-0.1, -0.05) is 83.8 Å². The molecule has 0 N–H and O–H groups in total. The minimum atomic E-state index is -1.09. The molecule has 1 aromatic carbocycles. The fraction of sp³-hybridized carbons (Fsp3) is 0.765. The molecule has 5 rings (SSSR count). The van der Waals surface area contributed by atoms with Crippen LogP contribution in [0.5, 0.6) is 0 Å². The number of benzene rings is 1. The van der Waals surface area contributed by atoms with Crippen LogP contribution in [0.1, 0.15) is 157 Å². The second kappa shape index (κ2) is 11.7. The molecule has 4 atom stereocenters. The maximum Gasteiger partial charge on any atom is 0.112 e. The van der Waals surface area contributed by atoms with Crippen LogP contribution in [0, 0.1) is 17.8 Å². The van der Waals surface area contributed by atoms with E-state index < -0.39 is 12.1 Å². The summed E-state index contributed by atoms with van der Waals surface area (Å²) in [5.41, 5.74) is 7.12. The molecule has 4 aliphatic rings. The molecule has 2 heteroatoms. The minimum absolute atomic E-state index is 0.0265. The van der Waals surface area contributed by atoms with E-state index in [0.717, 1.165) is 12.0 Å². The Labute approximate surface area is 219 Å². The standard InChI is InChI=1S/C34H50F2/c1-22-29(23(2)34(36)24(3)33(22)35)21-32-30(26-15-9-5-10-16-26)19-28(25-13-7-4-8-14-25)20-31(32)27-17-11-6-12-18-27/h19-20,22,24-27,29,33H,4-18,21H2,1-3H3. The molecule has 0 spiro atoms. The molecule has 0 bridgehead atoms. The fourth-order valence-corrected chi connectivity index (χ4v) is 8.51. The predicted molar refractivity (Wildman–Crippen MR) is 148 cm³/mol. The van der Waals surface area contributed by atoms with E-state index in [1.165, 1.54) is 102 Å². The summed E-state index contributed by atoms with van der Waals surface area (Å²) in [6, 6.07) is 5.23. The van der Waals surface area contributed by atoms with Crippen molar-refractivity contribution in [3.63, 3.8) is 0 Å². The molecule has 36 heavy (non-hydrogen) atoms. The SMILES string of the molecule is CC1=C(F)C(C)C(F)C(C)C1Cc1c(C2CCCCC2)cc(C2CCCCC2)cc1C1CCCCC1. The van der Waals surface area contributed by atoms with E-state index in [-0.39, 0.29) is 17.7 Å². The number of hydrogen-bond donors (Lipinski definition) is 0. The van der Waals surface area contributed by atoms with Crippen LogP contribution in [0.3, 0.4) is 0 Å². The number of alkyl halides is 1. The normalized spacial score (nSPS) is 31.7. The molecule has 200 valence electrons. The zero-order chi connectivity index (χ0) is 25.2. The van der Waals surface area contributed by atoms with Gasteiger partial charge in [0.15, 0.2) is 0 Å². The third-order valence-electron chi connectivity index (χ3n) is 10.9. The highest BCUT2D eigenvalue weighted by Crippen LogP contribution is 2.48. The Morgan fingerprint density at radius 3 is 1.61 bits per heavy atom. The molecule has 4 unspecified atom stereocenters. The summed E-state index contributed by atoms with van der Waals surface area (Å²) in [5.74, 6) is 1.04. The van der Waals surface area contributed by atoms with Crippen LogP contribution < -0.4 is 0 Å². The van der Waals surface area contributed by atoms with E-state index in [9.17, 15) is 0 Å². The van der Waals surface area contributed by atoms with Crippen LogP contribution in [0.25, 0.3) is 0 Å². The molecule has 4 aliphatic carbocycles. The lowest BCUT2D eigenvalue weighted by Gasteiger charge is -2.38. The largest absolute Gasteiger partial charge is 0.246 e. The van der Waals surface area contributed by atoms with E-state index in [0.29, 0.717) is 17.8 Å². The van der Waals surface area contributed by atoms with Gasteiger partial charge in [-0.2, -0.15) is 0 Å². The van der Waals surface area contributed by atoms with Crippen molar-refractivity contribution in [1.29, 1.82) is 0 Å². The number of hydrogen-bond acceptors (Lipinski definition) is 0. The zero-order valence-corrected chi connectivity index (χ0v) is 23.3.